The zero-order valence-corrected chi connectivity index (χ0v) is 14.8. The third-order valence-corrected chi connectivity index (χ3v) is 4.88. The lowest BCUT2D eigenvalue weighted by Crippen LogP contribution is -2.02. The maximum Gasteiger partial charge on any atom is 0.224 e. The van der Waals surface area contributed by atoms with Crippen LogP contribution in [-0.4, -0.2) is 19.6 Å². The third kappa shape index (κ3) is 3.02. The van der Waals surface area contributed by atoms with Gasteiger partial charge in [0.1, 0.15) is 5.03 Å². The molecule has 0 fully saturated rings. The summed E-state index contributed by atoms with van der Waals surface area (Å²) in [5, 5.41) is 5.14. The predicted molar refractivity (Wildman–Crippen MR) is 96.6 cm³/mol. The molecule has 0 aliphatic carbocycles. The first kappa shape index (κ1) is 15.2. The van der Waals surface area contributed by atoms with Gasteiger partial charge in [-0.15, -0.1) is 16.9 Å². The monoisotopic (exact) mass is 401 g/mol. The Balaban J connectivity index is 1.61. The molecule has 120 valence electrons. The number of benzene rings is 1. The van der Waals surface area contributed by atoms with Gasteiger partial charge in [-0.05, 0) is 29.8 Å². The molecule has 0 saturated heterocycles. The van der Waals surface area contributed by atoms with Crippen molar-refractivity contribution < 1.29 is 4.42 Å². The van der Waals surface area contributed by atoms with Crippen LogP contribution in [0.5, 0.6) is 0 Å². The van der Waals surface area contributed by atoms with Crippen molar-refractivity contribution in [1.82, 2.24) is 19.6 Å². The molecule has 0 saturated carbocycles. The van der Waals surface area contributed by atoms with E-state index in [9.17, 15) is 0 Å². The van der Waals surface area contributed by atoms with Crippen molar-refractivity contribution in [2.45, 2.75) is 10.8 Å². The first-order valence-electron chi connectivity index (χ1n) is 7.13. The van der Waals surface area contributed by atoms with E-state index >= 15 is 0 Å². The van der Waals surface area contributed by atoms with Crippen LogP contribution in [0.15, 0.2) is 62.6 Å². The number of halogens is 1. The van der Waals surface area contributed by atoms with Crippen molar-refractivity contribution in [1.29, 1.82) is 0 Å². The van der Waals surface area contributed by atoms with Gasteiger partial charge in [0.05, 0.1) is 6.26 Å². The molecule has 6 nitrogen and oxygen atoms in total. The molecular weight excluding hydrogens is 390 g/mol. The molecule has 4 rings (SSSR count). The standard InChI is InChI=1S/C16H12BrN5OS/c17-11-5-3-10(4-6-11)9-24-14-8-13-19-15(12-2-1-7-23-12)21-22(13)16(18)20-14/h1-8H,9H2,(H2,18,20). The van der Waals surface area contributed by atoms with Crippen LogP contribution >= 0.6 is 27.7 Å². The van der Waals surface area contributed by atoms with E-state index in [-0.39, 0.29) is 0 Å². The van der Waals surface area contributed by atoms with Gasteiger partial charge in [0, 0.05) is 16.3 Å². The Hall–Kier alpha value is -2.32. The smallest absolute Gasteiger partial charge is 0.224 e. The van der Waals surface area contributed by atoms with Gasteiger partial charge in [0.2, 0.25) is 11.8 Å². The molecule has 0 spiro atoms. The van der Waals surface area contributed by atoms with Gasteiger partial charge < -0.3 is 10.2 Å². The quantitative estimate of drug-likeness (QED) is 0.410. The molecule has 0 aliphatic rings. The fraction of sp³-hybridized carbons (Fsp3) is 0.0625. The van der Waals surface area contributed by atoms with Gasteiger partial charge in [-0.1, -0.05) is 28.1 Å². The topological polar surface area (TPSA) is 82.2 Å². The normalized spacial score (nSPS) is 11.2. The maximum absolute atomic E-state index is 6.01. The van der Waals surface area contributed by atoms with Crippen LogP contribution in [0.3, 0.4) is 0 Å². The Morgan fingerprint density at radius 2 is 2.00 bits per heavy atom. The first-order chi connectivity index (χ1) is 11.7. The molecule has 2 N–H and O–H groups in total. The summed E-state index contributed by atoms with van der Waals surface area (Å²) in [5.41, 5.74) is 7.87. The predicted octanol–water partition coefficient (Wildman–Crippen LogP) is 4.02. The van der Waals surface area contributed by atoms with Crippen LogP contribution in [-0.2, 0) is 5.75 Å². The second-order valence-electron chi connectivity index (χ2n) is 5.05. The minimum atomic E-state index is 0.302. The Morgan fingerprint density at radius 1 is 1.17 bits per heavy atom. The van der Waals surface area contributed by atoms with Gasteiger partial charge in [0.15, 0.2) is 11.4 Å². The lowest BCUT2D eigenvalue weighted by molar-refractivity contribution is 0.577. The van der Waals surface area contributed by atoms with Crippen molar-refractivity contribution >= 4 is 39.3 Å². The summed E-state index contributed by atoms with van der Waals surface area (Å²) in [7, 11) is 0. The van der Waals surface area contributed by atoms with Crippen LogP contribution in [0.1, 0.15) is 5.56 Å². The summed E-state index contributed by atoms with van der Waals surface area (Å²) in [5.74, 6) is 2.19. The average Bonchev–Trinajstić information content (AvgIpc) is 3.23. The zero-order valence-electron chi connectivity index (χ0n) is 12.4. The van der Waals surface area contributed by atoms with Gasteiger partial charge in [0.25, 0.3) is 0 Å². The summed E-state index contributed by atoms with van der Waals surface area (Å²) in [6, 6.07) is 13.7. The van der Waals surface area contributed by atoms with Crippen LogP contribution < -0.4 is 5.73 Å². The highest BCUT2D eigenvalue weighted by Gasteiger charge is 2.12. The SMILES string of the molecule is Nc1nc(SCc2ccc(Br)cc2)cc2nc(-c3ccco3)nn12. The second kappa shape index (κ2) is 6.29. The van der Waals surface area contributed by atoms with E-state index in [2.05, 4.69) is 43.1 Å². The molecule has 0 unspecified atom stereocenters. The zero-order chi connectivity index (χ0) is 16.5. The number of anilines is 1. The molecule has 0 aliphatic heterocycles. The molecule has 4 aromatic rings. The molecule has 3 heterocycles. The first-order valence-corrected chi connectivity index (χ1v) is 8.91. The lowest BCUT2D eigenvalue weighted by Gasteiger charge is -2.03. The molecule has 8 heteroatoms. The minimum absolute atomic E-state index is 0.302. The highest BCUT2D eigenvalue weighted by Crippen LogP contribution is 2.25. The third-order valence-electron chi connectivity index (χ3n) is 3.37. The highest BCUT2D eigenvalue weighted by atomic mass is 79.9. The van der Waals surface area contributed by atoms with Crippen molar-refractivity contribution in [3.63, 3.8) is 0 Å². The van der Waals surface area contributed by atoms with Crippen LogP contribution in [0, 0.1) is 0 Å². The number of aromatic nitrogens is 4. The maximum atomic E-state index is 6.01. The number of furan rings is 1. The fourth-order valence-electron chi connectivity index (χ4n) is 2.21. The summed E-state index contributed by atoms with van der Waals surface area (Å²) in [6.07, 6.45) is 1.59. The van der Waals surface area contributed by atoms with Crippen LogP contribution in [0.25, 0.3) is 17.2 Å². The number of nitrogens with zero attached hydrogens (tertiary/aromatic N) is 4. The van der Waals surface area contributed by atoms with Crippen molar-refractivity contribution in [2.75, 3.05) is 5.73 Å². The second-order valence-corrected chi connectivity index (χ2v) is 6.96. The molecule has 0 atom stereocenters. The number of hydrogen-bond acceptors (Lipinski definition) is 6. The molecule has 24 heavy (non-hydrogen) atoms. The van der Waals surface area contributed by atoms with Crippen LogP contribution in [0.4, 0.5) is 5.95 Å². The molecule has 0 radical (unpaired) electrons. The molecule has 0 amide bonds. The average molecular weight is 402 g/mol. The Bertz CT molecular complexity index is 982. The minimum Gasteiger partial charge on any atom is -0.461 e. The van der Waals surface area contributed by atoms with Crippen molar-refractivity contribution in [3.8, 4) is 11.6 Å². The van der Waals surface area contributed by atoms with Gasteiger partial charge >= 0.3 is 0 Å². The molecule has 0 bridgehead atoms. The van der Waals surface area contributed by atoms with E-state index in [1.165, 1.54) is 10.1 Å². The number of hydrogen-bond donors (Lipinski definition) is 1. The Morgan fingerprint density at radius 3 is 2.75 bits per heavy atom. The van der Waals surface area contributed by atoms with Gasteiger partial charge in [-0.3, -0.25) is 0 Å². The Labute approximate surface area is 150 Å². The number of thioether (sulfide) groups is 1. The summed E-state index contributed by atoms with van der Waals surface area (Å²) in [6.45, 7) is 0. The number of nitrogen functional groups attached to an aromatic ring is 1. The van der Waals surface area contributed by atoms with E-state index in [1.807, 2.05) is 24.3 Å². The van der Waals surface area contributed by atoms with Gasteiger partial charge in [-0.25, -0.2) is 9.97 Å². The van der Waals surface area contributed by atoms with Crippen molar-refractivity contribution in [3.05, 3.63) is 58.8 Å². The number of fused-ring (bicyclic) bond motifs is 1. The van der Waals surface area contributed by atoms with E-state index in [0.717, 1.165) is 15.3 Å². The van der Waals surface area contributed by atoms with E-state index in [4.69, 9.17) is 10.2 Å². The largest absolute Gasteiger partial charge is 0.461 e. The van der Waals surface area contributed by atoms with Crippen LogP contribution in [0.2, 0.25) is 0 Å². The molecular formula is C16H12BrN5OS. The number of nitrogens with two attached hydrogens (primary N) is 1. The van der Waals surface area contributed by atoms with E-state index < -0.39 is 0 Å². The highest BCUT2D eigenvalue weighted by molar-refractivity contribution is 9.10. The molecule has 3 aromatic heterocycles. The summed E-state index contributed by atoms with van der Waals surface area (Å²) < 4.78 is 7.90. The van der Waals surface area contributed by atoms with E-state index in [1.54, 1.807) is 24.1 Å². The Kier molecular flexibility index (Phi) is 3.99. The van der Waals surface area contributed by atoms with Crippen molar-refractivity contribution in [2.24, 2.45) is 0 Å². The van der Waals surface area contributed by atoms with E-state index in [0.29, 0.717) is 23.2 Å². The summed E-state index contributed by atoms with van der Waals surface area (Å²) >= 11 is 5.04. The molecule has 1 aromatic carbocycles. The number of rotatable bonds is 4. The fourth-order valence-corrected chi connectivity index (χ4v) is 3.33. The summed E-state index contributed by atoms with van der Waals surface area (Å²) in [4.78, 5) is 8.85. The van der Waals surface area contributed by atoms with Gasteiger partial charge in [-0.2, -0.15) is 4.52 Å². The lowest BCUT2D eigenvalue weighted by atomic mass is 10.2.